The van der Waals surface area contributed by atoms with Crippen molar-refractivity contribution >= 4 is 0 Å². The van der Waals surface area contributed by atoms with Crippen molar-refractivity contribution in [3.8, 4) is 5.75 Å². The Morgan fingerprint density at radius 1 is 1.04 bits per heavy atom. The van der Waals surface area contributed by atoms with Crippen molar-refractivity contribution in [2.45, 2.75) is 83.6 Å². The maximum absolute atomic E-state index is 10.5. The minimum Gasteiger partial charge on any atom is -0.491 e. The monoisotopic (exact) mass is 393 g/mol. The fourth-order valence-corrected chi connectivity index (χ4v) is 4.41. The van der Waals surface area contributed by atoms with Crippen LogP contribution in [-0.4, -0.2) is 64.8 Å². The number of rotatable bonds is 9. The summed E-state index contributed by atoms with van der Waals surface area (Å²) < 4.78 is 11.3. The van der Waals surface area contributed by atoms with Gasteiger partial charge in [-0.3, -0.25) is 4.90 Å². The molecular weight excluding hydrogens is 354 g/mol. The first-order chi connectivity index (χ1) is 13.0. The molecule has 5 heteroatoms. The fraction of sp³-hybridized carbons (Fsp3) is 0.739. The molecule has 2 N–H and O–H groups in total. The number of piperidine rings is 1. The molecule has 1 aromatic rings. The highest BCUT2D eigenvalue weighted by molar-refractivity contribution is 5.28. The molecule has 5 nitrogen and oxygen atoms in total. The quantitative estimate of drug-likeness (QED) is 0.628. The van der Waals surface area contributed by atoms with Crippen LogP contribution in [-0.2, 0) is 4.74 Å². The second kappa shape index (κ2) is 9.57. The van der Waals surface area contributed by atoms with Crippen molar-refractivity contribution in [2.24, 2.45) is 0 Å². The van der Waals surface area contributed by atoms with Gasteiger partial charge < -0.3 is 19.7 Å². The van der Waals surface area contributed by atoms with Gasteiger partial charge in [-0.1, -0.05) is 26.0 Å². The summed E-state index contributed by atoms with van der Waals surface area (Å²) in [5, 5.41) is 20.6. The van der Waals surface area contributed by atoms with Crippen LogP contribution in [0.4, 0.5) is 0 Å². The Morgan fingerprint density at radius 3 is 2.14 bits per heavy atom. The van der Waals surface area contributed by atoms with Crippen LogP contribution in [0.3, 0.4) is 0 Å². The van der Waals surface area contributed by atoms with E-state index in [1.165, 1.54) is 5.56 Å². The van der Waals surface area contributed by atoms with E-state index in [-0.39, 0.29) is 23.8 Å². The average Bonchev–Trinajstić information content (AvgIpc) is 2.57. The lowest BCUT2D eigenvalue weighted by Gasteiger charge is -2.55. The molecule has 0 bridgehead atoms. The van der Waals surface area contributed by atoms with Crippen molar-refractivity contribution < 1.29 is 19.7 Å². The van der Waals surface area contributed by atoms with Crippen molar-refractivity contribution in [1.29, 1.82) is 0 Å². The lowest BCUT2D eigenvalue weighted by molar-refractivity contribution is -0.105. The molecule has 1 unspecified atom stereocenters. The van der Waals surface area contributed by atoms with Gasteiger partial charge in [0.1, 0.15) is 12.4 Å². The van der Waals surface area contributed by atoms with Gasteiger partial charge in [0.2, 0.25) is 0 Å². The molecule has 1 aromatic carbocycles. The topological polar surface area (TPSA) is 62.2 Å². The largest absolute Gasteiger partial charge is 0.491 e. The predicted octanol–water partition coefficient (Wildman–Crippen LogP) is 3.58. The van der Waals surface area contributed by atoms with Crippen molar-refractivity contribution in [3.63, 3.8) is 0 Å². The van der Waals surface area contributed by atoms with E-state index in [2.05, 4.69) is 58.6 Å². The van der Waals surface area contributed by atoms with E-state index < -0.39 is 6.10 Å². The van der Waals surface area contributed by atoms with Crippen LogP contribution < -0.4 is 4.74 Å². The molecule has 0 amide bonds. The molecule has 2 rings (SSSR count). The van der Waals surface area contributed by atoms with Crippen LogP contribution in [0.5, 0.6) is 5.75 Å². The summed E-state index contributed by atoms with van der Waals surface area (Å²) in [4.78, 5) is 2.30. The zero-order valence-electron chi connectivity index (χ0n) is 18.4. The highest BCUT2D eigenvalue weighted by Gasteiger charge is 2.45. The van der Waals surface area contributed by atoms with E-state index >= 15 is 0 Å². The Morgan fingerprint density at radius 2 is 1.61 bits per heavy atom. The summed E-state index contributed by atoms with van der Waals surface area (Å²) in [5.74, 6) is 1.35. The van der Waals surface area contributed by atoms with Crippen molar-refractivity contribution in [3.05, 3.63) is 29.8 Å². The van der Waals surface area contributed by atoms with E-state index in [1.54, 1.807) is 0 Å². The van der Waals surface area contributed by atoms with E-state index in [0.29, 0.717) is 38.5 Å². The van der Waals surface area contributed by atoms with Crippen LogP contribution >= 0.6 is 0 Å². The summed E-state index contributed by atoms with van der Waals surface area (Å²) in [6, 6.07) is 8.14. The van der Waals surface area contributed by atoms with Crippen molar-refractivity contribution in [2.75, 3.05) is 26.4 Å². The number of aliphatic hydroxyl groups excluding tert-OH is 2. The molecule has 1 heterocycles. The zero-order valence-corrected chi connectivity index (χ0v) is 18.4. The molecule has 1 aliphatic heterocycles. The molecule has 160 valence electrons. The van der Waals surface area contributed by atoms with Crippen molar-refractivity contribution in [1.82, 2.24) is 4.90 Å². The molecule has 0 aliphatic carbocycles. The second-order valence-electron chi connectivity index (χ2n) is 9.60. The van der Waals surface area contributed by atoms with Gasteiger partial charge in [-0.15, -0.1) is 0 Å². The third-order valence-corrected chi connectivity index (χ3v) is 5.68. The number of aliphatic hydroxyl groups is 2. The number of likely N-dealkylation sites (tertiary alicyclic amines) is 1. The Bertz CT molecular complexity index is 579. The number of β-amino-alcohol motifs (C(OH)–C–C–N with tert-alkyl or cyclic N) is 1. The number of benzene rings is 1. The Hall–Kier alpha value is -1.14. The summed E-state index contributed by atoms with van der Waals surface area (Å²) >= 11 is 0. The minimum atomic E-state index is -0.570. The molecule has 28 heavy (non-hydrogen) atoms. The molecule has 0 spiro atoms. The third kappa shape index (κ3) is 6.45. The Balaban J connectivity index is 1.71. The second-order valence-corrected chi connectivity index (χ2v) is 9.60. The summed E-state index contributed by atoms with van der Waals surface area (Å²) in [7, 11) is 0. The molecule has 0 radical (unpaired) electrons. The van der Waals surface area contributed by atoms with Gasteiger partial charge in [0.25, 0.3) is 0 Å². The van der Waals surface area contributed by atoms with Crippen LogP contribution in [0.1, 0.15) is 65.9 Å². The number of ether oxygens (including phenoxy) is 2. The van der Waals surface area contributed by atoms with Gasteiger partial charge in [-0.25, -0.2) is 0 Å². The first-order valence-electron chi connectivity index (χ1n) is 10.5. The van der Waals surface area contributed by atoms with Gasteiger partial charge in [0.05, 0.1) is 25.4 Å². The Kier molecular flexibility index (Phi) is 7.91. The molecule has 0 saturated carbocycles. The first kappa shape index (κ1) is 23.1. The number of hydrogen-bond acceptors (Lipinski definition) is 5. The summed E-state index contributed by atoms with van der Waals surface area (Å²) in [6.07, 6.45) is 0.571. The SMILES string of the molecule is CC(C)c1ccc(OCCOCC(O)CN2C(C)(C)CC(O)CC2(C)C)cc1. The van der Waals surface area contributed by atoms with Gasteiger partial charge >= 0.3 is 0 Å². The first-order valence-corrected chi connectivity index (χ1v) is 10.5. The zero-order chi connectivity index (χ0) is 20.9. The number of hydrogen-bond donors (Lipinski definition) is 2. The van der Waals surface area contributed by atoms with E-state index in [4.69, 9.17) is 9.47 Å². The molecule has 1 saturated heterocycles. The minimum absolute atomic E-state index is 0.159. The molecule has 1 fully saturated rings. The van der Waals surface area contributed by atoms with Crippen LogP contribution in [0.15, 0.2) is 24.3 Å². The lowest BCUT2D eigenvalue weighted by Crippen LogP contribution is -2.63. The normalized spacial score (nSPS) is 21.0. The third-order valence-electron chi connectivity index (χ3n) is 5.68. The van der Waals surface area contributed by atoms with E-state index in [0.717, 1.165) is 5.75 Å². The van der Waals surface area contributed by atoms with E-state index in [9.17, 15) is 10.2 Å². The fourth-order valence-electron chi connectivity index (χ4n) is 4.41. The van der Waals surface area contributed by atoms with Crippen LogP contribution in [0, 0.1) is 0 Å². The smallest absolute Gasteiger partial charge is 0.119 e. The summed E-state index contributed by atoms with van der Waals surface area (Å²) in [6.45, 7) is 14.6. The predicted molar refractivity (Wildman–Crippen MR) is 113 cm³/mol. The standard InChI is InChI=1S/C23H39NO4/c1-17(2)18-7-9-21(10-8-18)28-12-11-27-16-20(26)15-24-22(3,4)13-19(25)14-23(24,5)6/h7-10,17,19-20,25-26H,11-16H2,1-6H3. The maximum Gasteiger partial charge on any atom is 0.119 e. The van der Waals surface area contributed by atoms with Gasteiger partial charge in [-0.05, 0) is 64.2 Å². The van der Waals surface area contributed by atoms with Gasteiger partial charge in [0.15, 0.2) is 0 Å². The highest BCUT2D eigenvalue weighted by atomic mass is 16.5. The van der Waals surface area contributed by atoms with Crippen LogP contribution in [0.25, 0.3) is 0 Å². The lowest BCUT2D eigenvalue weighted by atomic mass is 9.78. The maximum atomic E-state index is 10.5. The number of nitrogens with zero attached hydrogens (tertiary/aromatic N) is 1. The summed E-state index contributed by atoms with van der Waals surface area (Å²) in [5.41, 5.74) is 0.976. The molecular formula is C23H39NO4. The highest BCUT2D eigenvalue weighted by Crippen LogP contribution is 2.38. The van der Waals surface area contributed by atoms with Crippen LogP contribution in [0.2, 0.25) is 0 Å². The molecule has 0 aromatic heterocycles. The molecule has 1 atom stereocenters. The Labute approximate surface area is 170 Å². The average molecular weight is 394 g/mol. The van der Waals surface area contributed by atoms with E-state index in [1.807, 2.05) is 12.1 Å². The molecule has 1 aliphatic rings. The van der Waals surface area contributed by atoms with Gasteiger partial charge in [0, 0.05) is 17.6 Å². The van der Waals surface area contributed by atoms with Gasteiger partial charge in [-0.2, -0.15) is 0 Å².